The highest BCUT2D eigenvalue weighted by Crippen LogP contribution is 2.22. The van der Waals surface area contributed by atoms with Crippen molar-refractivity contribution in [3.05, 3.63) is 0 Å². The molecule has 0 aliphatic carbocycles. The summed E-state index contributed by atoms with van der Waals surface area (Å²) in [7, 11) is 1.92. The van der Waals surface area contributed by atoms with Crippen LogP contribution in [0.2, 0.25) is 0 Å². The molecule has 2 rings (SSSR count). The van der Waals surface area contributed by atoms with Gasteiger partial charge in [0, 0.05) is 32.1 Å². The summed E-state index contributed by atoms with van der Waals surface area (Å²) in [5, 5.41) is 3.77. The molecule has 2 atom stereocenters. The van der Waals surface area contributed by atoms with E-state index in [0.29, 0.717) is 24.4 Å². The normalized spacial score (nSPS) is 27.9. The number of nitrogens with one attached hydrogen (secondary N) is 1. The van der Waals surface area contributed by atoms with Gasteiger partial charge in [0.2, 0.25) is 5.91 Å². The monoisotopic (exact) mass is 281 g/mol. The Kier molecular flexibility index (Phi) is 5.85. The number of carbonyl (C=O) groups excluding carboxylic acids is 1. The summed E-state index contributed by atoms with van der Waals surface area (Å²) >= 11 is 0. The summed E-state index contributed by atoms with van der Waals surface area (Å²) < 4.78 is 0. The van der Waals surface area contributed by atoms with Crippen LogP contribution in [-0.2, 0) is 4.79 Å². The molecule has 2 aliphatic heterocycles. The van der Waals surface area contributed by atoms with E-state index in [1.165, 1.54) is 38.9 Å². The van der Waals surface area contributed by atoms with Crippen molar-refractivity contribution in [1.29, 1.82) is 0 Å². The molecular weight excluding hydrogens is 250 g/mol. The topological polar surface area (TPSA) is 35.6 Å². The number of rotatable bonds is 5. The van der Waals surface area contributed by atoms with Gasteiger partial charge in [-0.25, -0.2) is 0 Å². The maximum absolute atomic E-state index is 11.5. The maximum atomic E-state index is 11.5. The fourth-order valence-electron chi connectivity index (χ4n) is 3.65. The van der Waals surface area contributed by atoms with Crippen molar-refractivity contribution < 1.29 is 4.79 Å². The summed E-state index contributed by atoms with van der Waals surface area (Å²) in [5.41, 5.74) is 0. The van der Waals surface area contributed by atoms with Crippen molar-refractivity contribution in [3.63, 3.8) is 0 Å². The van der Waals surface area contributed by atoms with Crippen LogP contribution >= 0.6 is 0 Å². The second kappa shape index (κ2) is 7.41. The van der Waals surface area contributed by atoms with Crippen LogP contribution in [0.5, 0.6) is 0 Å². The minimum Gasteiger partial charge on any atom is -0.344 e. The zero-order valence-corrected chi connectivity index (χ0v) is 13.4. The Morgan fingerprint density at radius 3 is 2.60 bits per heavy atom. The Hall–Kier alpha value is -0.610. The van der Waals surface area contributed by atoms with E-state index in [0.717, 1.165) is 18.9 Å². The molecule has 4 nitrogen and oxygen atoms in total. The highest BCUT2D eigenvalue weighted by Gasteiger charge is 2.28. The highest BCUT2D eigenvalue weighted by atomic mass is 16.2. The second-order valence-corrected chi connectivity index (χ2v) is 6.64. The highest BCUT2D eigenvalue weighted by molar-refractivity contribution is 5.76. The number of amides is 1. The summed E-state index contributed by atoms with van der Waals surface area (Å²) in [4.78, 5) is 16.0. The van der Waals surface area contributed by atoms with E-state index >= 15 is 0 Å². The number of hydrogen-bond acceptors (Lipinski definition) is 3. The van der Waals surface area contributed by atoms with Crippen LogP contribution in [0.15, 0.2) is 0 Å². The first-order valence-electron chi connectivity index (χ1n) is 8.32. The van der Waals surface area contributed by atoms with Crippen molar-refractivity contribution >= 4 is 5.91 Å². The molecule has 0 bridgehead atoms. The fourth-order valence-corrected chi connectivity index (χ4v) is 3.65. The molecule has 0 aromatic carbocycles. The first-order valence-corrected chi connectivity index (χ1v) is 8.32. The minimum absolute atomic E-state index is 0.295. The molecule has 2 aliphatic rings. The van der Waals surface area contributed by atoms with E-state index in [1.807, 2.05) is 11.9 Å². The maximum Gasteiger partial charge on any atom is 0.222 e. The van der Waals surface area contributed by atoms with Crippen LogP contribution in [0.25, 0.3) is 0 Å². The molecule has 116 valence electrons. The van der Waals surface area contributed by atoms with Crippen molar-refractivity contribution in [3.8, 4) is 0 Å². The van der Waals surface area contributed by atoms with Gasteiger partial charge in [0.15, 0.2) is 0 Å². The van der Waals surface area contributed by atoms with E-state index in [2.05, 4.69) is 24.1 Å². The molecule has 2 unspecified atom stereocenters. The van der Waals surface area contributed by atoms with Gasteiger partial charge in [-0.3, -0.25) is 4.79 Å². The molecule has 2 saturated heterocycles. The van der Waals surface area contributed by atoms with Gasteiger partial charge in [-0.1, -0.05) is 6.92 Å². The number of likely N-dealkylation sites (N-methyl/N-ethyl adjacent to an activating group) is 1. The van der Waals surface area contributed by atoms with Gasteiger partial charge in [0.25, 0.3) is 0 Å². The average Bonchev–Trinajstić information content (AvgIpc) is 2.44. The molecule has 1 amide bonds. The van der Waals surface area contributed by atoms with Gasteiger partial charge in [0.1, 0.15) is 0 Å². The van der Waals surface area contributed by atoms with Gasteiger partial charge in [0.05, 0.1) is 0 Å². The third kappa shape index (κ3) is 4.19. The quantitative estimate of drug-likeness (QED) is 0.833. The van der Waals surface area contributed by atoms with Crippen LogP contribution in [0.4, 0.5) is 0 Å². The van der Waals surface area contributed by atoms with Crippen molar-refractivity contribution in [2.24, 2.45) is 5.92 Å². The number of hydrogen-bond donors (Lipinski definition) is 1. The van der Waals surface area contributed by atoms with Gasteiger partial charge in [-0.15, -0.1) is 0 Å². The molecule has 0 aromatic heterocycles. The minimum atomic E-state index is 0.295. The smallest absolute Gasteiger partial charge is 0.222 e. The van der Waals surface area contributed by atoms with Gasteiger partial charge in [-0.2, -0.15) is 0 Å². The van der Waals surface area contributed by atoms with Crippen molar-refractivity contribution in [1.82, 2.24) is 15.1 Å². The lowest BCUT2D eigenvalue weighted by molar-refractivity contribution is -0.132. The molecule has 0 saturated carbocycles. The lowest BCUT2D eigenvalue weighted by Crippen LogP contribution is -2.52. The van der Waals surface area contributed by atoms with E-state index in [-0.39, 0.29) is 0 Å². The standard InChI is InChI=1S/C16H31N3O/c1-4-9-19-10-7-14(8-11-19)13(2)17-15-5-6-16(20)18(3)12-15/h13-15,17H,4-12H2,1-3H3. The summed E-state index contributed by atoms with van der Waals surface area (Å²) in [6.07, 6.45) is 5.60. The van der Waals surface area contributed by atoms with Crippen LogP contribution < -0.4 is 5.32 Å². The first-order chi connectivity index (χ1) is 9.60. The molecule has 2 heterocycles. The van der Waals surface area contributed by atoms with Crippen LogP contribution in [0.1, 0.15) is 46.0 Å². The van der Waals surface area contributed by atoms with E-state index in [4.69, 9.17) is 0 Å². The van der Waals surface area contributed by atoms with Gasteiger partial charge >= 0.3 is 0 Å². The Morgan fingerprint density at radius 2 is 2.00 bits per heavy atom. The predicted molar refractivity (Wildman–Crippen MR) is 82.7 cm³/mol. The molecule has 0 spiro atoms. The van der Waals surface area contributed by atoms with Crippen LogP contribution in [0.3, 0.4) is 0 Å². The van der Waals surface area contributed by atoms with E-state index in [1.54, 1.807) is 0 Å². The SMILES string of the molecule is CCCN1CCC(C(C)NC2CCC(=O)N(C)C2)CC1. The molecule has 0 aromatic rings. The number of piperidine rings is 2. The molecular formula is C16H31N3O. The molecule has 0 radical (unpaired) electrons. The van der Waals surface area contributed by atoms with E-state index in [9.17, 15) is 4.79 Å². The Bertz CT molecular complexity index is 313. The predicted octanol–water partition coefficient (Wildman–Crippen LogP) is 1.71. The first kappa shape index (κ1) is 15.8. The summed E-state index contributed by atoms with van der Waals surface area (Å²) in [5.74, 6) is 1.09. The fraction of sp³-hybridized carbons (Fsp3) is 0.938. The summed E-state index contributed by atoms with van der Waals surface area (Å²) in [6, 6.07) is 1.06. The third-order valence-corrected chi connectivity index (χ3v) is 5.00. The molecule has 2 fully saturated rings. The van der Waals surface area contributed by atoms with E-state index < -0.39 is 0 Å². The molecule has 4 heteroatoms. The molecule has 20 heavy (non-hydrogen) atoms. The number of carbonyl (C=O) groups is 1. The lowest BCUT2D eigenvalue weighted by Gasteiger charge is -2.38. The van der Waals surface area contributed by atoms with Crippen molar-refractivity contribution in [2.45, 2.75) is 58.0 Å². The summed E-state index contributed by atoms with van der Waals surface area (Å²) in [6.45, 7) is 9.23. The zero-order chi connectivity index (χ0) is 14.5. The lowest BCUT2D eigenvalue weighted by atomic mass is 9.89. The zero-order valence-electron chi connectivity index (χ0n) is 13.4. The second-order valence-electron chi connectivity index (χ2n) is 6.64. The Labute approximate surface area is 123 Å². The van der Waals surface area contributed by atoms with Crippen molar-refractivity contribution in [2.75, 3.05) is 33.2 Å². The van der Waals surface area contributed by atoms with Crippen LogP contribution in [-0.4, -0.2) is 61.0 Å². The Balaban J connectivity index is 1.72. The van der Waals surface area contributed by atoms with Gasteiger partial charge in [-0.05, 0) is 58.2 Å². The van der Waals surface area contributed by atoms with Gasteiger partial charge < -0.3 is 15.1 Å². The molecule has 1 N–H and O–H groups in total. The average molecular weight is 281 g/mol. The third-order valence-electron chi connectivity index (χ3n) is 5.00. The van der Waals surface area contributed by atoms with Crippen LogP contribution in [0, 0.1) is 5.92 Å². The largest absolute Gasteiger partial charge is 0.344 e. The number of likely N-dealkylation sites (tertiary alicyclic amines) is 2. The number of nitrogens with zero attached hydrogens (tertiary/aromatic N) is 2. The Morgan fingerprint density at radius 1 is 1.30 bits per heavy atom.